The molecule has 10 heteroatoms. The van der Waals surface area contributed by atoms with Crippen molar-refractivity contribution < 1.29 is 9.26 Å². The van der Waals surface area contributed by atoms with Crippen LogP contribution in [0.2, 0.25) is 5.02 Å². The summed E-state index contributed by atoms with van der Waals surface area (Å²) in [4.78, 5) is 4.40. The van der Waals surface area contributed by atoms with Crippen LogP contribution in [0.3, 0.4) is 0 Å². The Hall–Kier alpha value is -2.91. The highest BCUT2D eigenvalue weighted by atomic mass is 35.5. The number of benzene rings is 2. The minimum atomic E-state index is 0.427. The summed E-state index contributed by atoms with van der Waals surface area (Å²) in [6.07, 6.45) is 0. The number of hydrogen-bond acceptors (Lipinski definition) is 8. The predicted octanol–water partition coefficient (Wildman–Crippen LogP) is 3.67. The van der Waals surface area contributed by atoms with Crippen molar-refractivity contribution in [2.45, 2.75) is 10.9 Å². The van der Waals surface area contributed by atoms with Crippen LogP contribution in [0.1, 0.15) is 5.89 Å². The zero-order valence-corrected chi connectivity index (χ0v) is 15.7. The molecule has 0 radical (unpaired) electrons. The molecule has 0 saturated heterocycles. The maximum absolute atomic E-state index is 5.90. The van der Waals surface area contributed by atoms with Crippen LogP contribution in [0.5, 0.6) is 5.75 Å². The second-order valence-corrected chi connectivity index (χ2v) is 6.73. The van der Waals surface area contributed by atoms with Crippen LogP contribution in [0.4, 0.5) is 0 Å². The maximum Gasteiger partial charge on any atom is 0.237 e. The standard InChI is InChI=1S/C17H13ClN6O2S/c1-25-14-5-3-2-4-13(14)24-17(20-22-23-24)27-10-15-19-16(21-26-15)11-6-8-12(18)9-7-11/h2-9H,10H2,1H3. The molecule has 2 heterocycles. The largest absolute Gasteiger partial charge is 0.494 e. The maximum atomic E-state index is 5.90. The number of rotatable bonds is 6. The Balaban J connectivity index is 1.51. The molecule has 0 bridgehead atoms. The van der Waals surface area contributed by atoms with Crippen molar-refractivity contribution in [1.82, 2.24) is 30.3 Å². The molecular formula is C17H13ClN6O2S. The Kier molecular flexibility index (Phi) is 5.03. The first-order valence-electron chi connectivity index (χ1n) is 7.87. The molecule has 2 aromatic heterocycles. The van der Waals surface area contributed by atoms with Gasteiger partial charge in [-0.25, -0.2) is 0 Å². The van der Waals surface area contributed by atoms with Gasteiger partial charge < -0.3 is 9.26 Å². The van der Waals surface area contributed by atoms with E-state index in [1.807, 2.05) is 36.4 Å². The van der Waals surface area contributed by atoms with E-state index < -0.39 is 0 Å². The van der Waals surface area contributed by atoms with Crippen molar-refractivity contribution in [3.8, 4) is 22.8 Å². The Morgan fingerprint density at radius 1 is 1.15 bits per heavy atom. The lowest BCUT2D eigenvalue weighted by molar-refractivity contribution is 0.391. The van der Waals surface area contributed by atoms with E-state index in [1.54, 1.807) is 23.9 Å². The summed E-state index contributed by atoms with van der Waals surface area (Å²) >= 11 is 7.29. The molecule has 4 rings (SSSR count). The first-order chi connectivity index (χ1) is 13.2. The van der Waals surface area contributed by atoms with Crippen molar-refractivity contribution in [3.05, 3.63) is 59.4 Å². The fourth-order valence-corrected chi connectivity index (χ4v) is 3.23. The monoisotopic (exact) mass is 400 g/mol. The van der Waals surface area contributed by atoms with Crippen LogP contribution in [0, 0.1) is 0 Å². The summed E-state index contributed by atoms with van der Waals surface area (Å²) in [7, 11) is 1.60. The zero-order valence-electron chi connectivity index (χ0n) is 14.1. The number of para-hydroxylation sites is 2. The molecule has 0 N–H and O–H groups in total. The number of thioether (sulfide) groups is 1. The van der Waals surface area contributed by atoms with Gasteiger partial charge in [0.1, 0.15) is 11.4 Å². The van der Waals surface area contributed by atoms with Gasteiger partial charge in [-0.05, 0) is 46.8 Å². The molecular weight excluding hydrogens is 388 g/mol. The van der Waals surface area contributed by atoms with E-state index in [-0.39, 0.29) is 0 Å². The highest BCUT2D eigenvalue weighted by Crippen LogP contribution is 2.27. The lowest BCUT2D eigenvalue weighted by Crippen LogP contribution is -2.01. The molecule has 27 heavy (non-hydrogen) atoms. The van der Waals surface area contributed by atoms with Crippen molar-refractivity contribution in [1.29, 1.82) is 0 Å². The number of methoxy groups -OCH3 is 1. The number of halogens is 1. The average Bonchev–Trinajstić information content (AvgIpc) is 3.36. The average molecular weight is 401 g/mol. The van der Waals surface area contributed by atoms with Crippen LogP contribution in [0.15, 0.2) is 58.2 Å². The van der Waals surface area contributed by atoms with Crippen LogP contribution < -0.4 is 4.74 Å². The van der Waals surface area contributed by atoms with E-state index in [2.05, 4.69) is 25.7 Å². The molecule has 136 valence electrons. The minimum absolute atomic E-state index is 0.427. The molecule has 0 aliphatic rings. The minimum Gasteiger partial charge on any atom is -0.494 e. The Morgan fingerprint density at radius 2 is 1.96 bits per heavy atom. The van der Waals surface area contributed by atoms with Crippen molar-refractivity contribution in [2.24, 2.45) is 0 Å². The quantitative estimate of drug-likeness (QED) is 0.453. The van der Waals surface area contributed by atoms with Gasteiger partial charge >= 0.3 is 0 Å². The topological polar surface area (TPSA) is 91.8 Å². The predicted molar refractivity (Wildman–Crippen MR) is 100 cm³/mol. The number of tetrazole rings is 1. The number of ether oxygens (including phenoxy) is 1. The fourth-order valence-electron chi connectivity index (χ4n) is 2.38. The summed E-state index contributed by atoms with van der Waals surface area (Å²) in [5.41, 5.74) is 1.58. The lowest BCUT2D eigenvalue weighted by atomic mass is 10.2. The molecule has 0 spiro atoms. The third kappa shape index (κ3) is 3.79. The summed E-state index contributed by atoms with van der Waals surface area (Å²) in [5.74, 6) is 2.08. The number of nitrogens with zero attached hydrogens (tertiary/aromatic N) is 6. The van der Waals surface area contributed by atoms with E-state index in [0.29, 0.717) is 33.4 Å². The van der Waals surface area contributed by atoms with Crippen LogP contribution >= 0.6 is 23.4 Å². The van der Waals surface area contributed by atoms with E-state index in [1.165, 1.54) is 11.8 Å². The molecule has 0 atom stereocenters. The van der Waals surface area contributed by atoms with E-state index in [9.17, 15) is 0 Å². The first kappa shape index (κ1) is 17.5. The van der Waals surface area contributed by atoms with E-state index in [0.717, 1.165) is 11.3 Å². The molecule has 0 aliphatic heterocycles. The normalized spacial score (nSPS) is 10.9. The van der Waals surface area contributed by atoms with Gasteiger partial charge in [-0.15, -0.1) is 5.10 Å². The van der Waals surface area contributed by atoms with Crippen molar-refractivity contribution in [3.63, 3.8) is 0 Å². The van der Waals surface area contributed by atoms with Crippen molar-refractivity contribution in [2.75, 3.05) is 7.11 Å². The third-order valence-corrected chi connectivity index (χ3v) is 4.81. The molecule has 4 aromatic rings. The van der Waals surface area contributed by atoms with Crippen LogP contribution in [-0.2, 0) is 5.75 Å². The summed E-state index contributed by atoms with van der Waals surface area (Å²) in [5, 5.41) is 17.1. The van der Waals surface area contributed by atoms with Gasteiger partial charge in [0, 0.05) is 10.6 Å². The molecule has 0 fully saturated rings. The second-order valence-electron chi connectivity index (χ2n) is 5.35. The van der Waals surface area contributed by atoms with Gasteiger partial charge in [0.05, 0.1) is 12.9 Å². The zero-order chi connectivity index (χ0) is 18.6. The van der Waals surface area contributed by atoms with Gasteiger partial charge in [0.25, 0.3) is 0 Å². The number of aromatic nitrogens is 6. The first-order valence-corrected chi connectivity index (χ1v) is 9.24. The van der Waals surface area contributed by atoms with Gasteiger partial charge in [-0.2, -0.15) is 9.67 Å². The Labute approximate surface area is 163 Å². The molecule has 2 aromatic carbocycles. The Morgan fingerprint density at radius 3 is 2.78 bits per heavy atom. The van der Waals surface area contributed by atoms with E-state index >= 15 is 0 Å². The molecule has 0 aliphatic carbocycles. The van der Waals surface area contributed by atoms with Gasteiger partial charge in [-0.1, -0.05) is 40.7 Å². The highest BCUT2D eigenvalue weighted by Gasteiger charge is 2.15. The number of hydrogen-bond donors (Lipinski definition) is 0. The van der Waals surface area contributed by atoms with Gasteiger partial charge in [0.2, 0.25) is 16.9 Å². The van der Waals surface area contributed by atoms with Gasteiger partial charge in [-0.3, -0.25) is 0 Å². The smallest absolute Gasteiger partial charge is 0.237 e. The third-order valence-electron chi connectivity index (χ3n) is 3.65. The molecule has 0 saturated carbocycles. The Bertz CT molecular complexity index is 1050. The summed E-state index contributed by atoms with van der Waals surface area (Å²) in [6.45, 7) is 0. The fraction of sp³-hybridized carbons (Fsp3) is 0.118. The molecule has 0 unspecified atom stereocenters. The highest BCUT2D eigenvalue weighted by molar-refractivity contribution is 7.98. The van der Waals surface area contributed by atoms with Gasteiger partial charge in [0.15, 0.2) is 0 Å². The van der Waals surface area contributed by atoms with E-state index in [4.69, 9.17) is 20.9 Å². The summed E-state index contributed by atoms with van der Waals surface area (Å²) in [6, 6.07) is 14.7. The van der Waals surface area contributed by atoms with Crippen LogP contribution in [-0.4, -0.2) is 37.5 Å². The van der Waals surface area contributed by atoms with Crippen LogP contribution in [0.25, 0.3) is 17.1 Å². The molecule has 0 amide bonds. The summed E-state index contributed by atoms with van der Waals surface area (Å²) < 4.78 is 12.3. The molecule has 8 nitrogen and oxygen atoms in total. The SMILES string of the molecule is COc1ccccc1-n1nnnc1SCc1nc(-c2ccc(Cl)cc2)no1. The van der Waals surface area contributed by atoms with Crippen molar-refractivity contribution >= 4 is 23.4 Å². The lowest BCUT2D eigenvalue weighted by Gasteiger charge is -2.08. The second kappa shape index (κ2) is 7.77.